The molecule has 5 rings (SSSR count). The number of benzene rings is 2. The van der Waals surface area contributed by atoms with Crippen LogP contribution in [-0.4, -0.2) is 0 Å². The quantitative estimate of drug-likeness (QED) is 0.574. The molecule has 0 nitrogen and oxygen atoms in total. The summed E-state index contributed by atoms with van der Waals surface area (Å²) in [5.74, 6) is 1.49. The van der Waals surface area contributed by atoms with E-state index in [0.717, 1.165) is 5.92 Å². The van der Waals surface area contributed by atoms with Gasteiger partial charge in [-0.05, 0) is 77.0 Å². The van der Waals surface area contributed by atoms with E-state index in [0.29, 0.717) is 5.92 Å². The van der Waals surface area contributed by atoms with E-state index in [4.69, 9.17) is 0 Å². The van der Waals surface area contributed by atoms with Crippen LogP contribution < -0.4 is 0 Å². The van der Waals surface area contributed by atoms with Crippen LogP contribution in [0.4, 0.5) is 0 Å². The van der Waals surface area contributed by atoms with Gasteiger partial charge in [-0.3, -0.25) is 0 Å². The molecular weight excluding hydrogens is 264 g/mol. The van der Waals surface area contributed by atoms with Crippen molar-refractivity contribution < 1.29 is 0 Å². The molecule has 0 aliphatic heterocycles. The maximum absolute atomic E-state index is 2.50. The van der Waals surface area contributed by atoms with Gasteiger partial charge in [0, 0.05) is 0 Å². The molecule has 1 saturated carbocycles. The molecule has 0 aromatic heterocycles. The number of rotatable bonds is 1. The minimum Gasteiger partial charge on any atom is -0.0836 e. The minimum absolute atomic E-state index is 0.651. The van der Waals surface area contributed by atoms with E-state index >= 15 is 0 Å². The summed E-state index contributed by atoms with van der Waals surface area (Å²) < 4.78 is 0. The smallest absolute Gasteiger partial charge is 0.0140 e. The fourth-order valence-corrected chi connectivity index (χ4v) is 4.47. The van der Waals surface area contributed by atoms with Gasteiger partial charge in [-0.2, -0.15) is 0 Å². The SMILES string of the molecule is CC1CC2=C(C=CCC2)c2ccc3ccc(C4CC4)cc3c21. The van der Waals surface area contributed by atoms with E-state index in [1.165, 1.54) is 54.0 Å². The summed E-state index contributed by atoms with van der Waals surface area (Å²) in [6.07, 6.45) is 11.2. The molecule has 0 heteroatoms. The van der Waals surface area contributed by atoms with Gasteiger partial charge in [-0.25, -0.2) is 0 Å². The van der Waals surface area contributed by atoms with E-state index in [-0.39, 0.29) is 0 Å². The average Bonchev–Trinajstić information content (AvgIpc) is 3.39. The van der Waals surface area contributed by atoms with Crippen LogP contribution in [0.15, 0.2) is 48.1 Å². The summed E-state index contributed by atoms with van der Waals surface area (Å²) >= 11 is 0. The van der Waals surface area contributed by atoms with Gasteiger partial charge in [0.1, 0.15) is 0 Å². The molecule has 3 aliphatic carbocycles. The number of hydrogen-bond acceptors (Lipinski definition) is 0. The van der Waals surface area contributed by atoms with Crippen LogP contribution in [0.3, 0.4) is 0 Å². The Morgan fingerprint density at radius 2 is 1.91 bits per heavy atom. The first-order chi connectivity index (χ1) is 10.8. The molecule has 0 radical (unpaired) electrons. The summed E-state index contributed by atoms with van der Waals surface area (Å²) in [5.41, 5.74) is 7.88. The lowest BCUT2D eigenvalue weighted by Gasteiger charge is -2.30. The van der Waals surface area contributed by atoms with E-state index in [9.17, 15) is 0 Å². The Balaban J connectivity index is 1.79. The lowest BCUT2D eigenvalue weighted by Crippen LogP contribution is -2.10. The van der Waals surface area contributed by atoms with Crippen molar-refractivity contribution in [2.24, 2.45) is 0 Å². The van der Waals surface area contributed by atoms with Gasteiger partial charge in [0.05, 0.1) is 0 Å². The predicted molar refractivity (Wildman–Crippen MR) is 94.2 cm³/mol. The first-order valence-electron chi connectivity index (χ1n) is 8.77. The van der Waals surface area contributed by atoms with E-state index in [1.54, 1.807) is 16.7 Å². The highest BCUT2D eigenvalue weighted by molar-refractivity contribution is 5.95. The highest BCUT2D eigenvalue weighted by Gasteiger charge is 2.27. The molecule has 0 heterocycles. The van der Waals surface area contributed by atoms with E-state index < -0.39 is 0 Å². The third-order valence-electron chi connectivity index (χ3n) is 5.75. The maximum atomic E-state index is 2.50. The van der Waals surface area contributed by atoms with Crippen molar-refractivity contribution in [2.75, 3.05) is 0 Å². The summed E-state index contributed by atoms with van der Waals surface area (Å²) in [6, 6.07) is 11.9. The van der Waals surface area contributed by atoms with Gasteiger partial charge in [-0.15, -0.1) is 0 Å². The van der Waals surface area contributed by atoms with Crippen LogP contribution in [0.25, 0.3) is 16.3 Å². The van der Waals surface area contributed by atoms with Gasteiger partial charge >= 0.3 is 0 Å². The van der Waals surface area contributed by atoms with Crippen molar-refractivity contribution in [1.29, 1.82) is 0 Å². The van der Waals surface area contributed by atoms with Gasteiger partial charge in [0.2, 0.25) is 0 Å². The van der Waals surface area contributed by atoms with Gasteiger partial charge in [-0.1, -0.05) is 55.0 Å². The second-order valence-corrected chi connectivity index (χ2v) is 7.35. The maximum Gasteiger partial charge on any atom is -0.0140 e. The standard InChI is InChI=1S/C22H22/c1-14-12-18-4-2-3-5-19(18)20-11-10-16-8-9-17(15-6-7-15)13-21(16)22(14)20/h3,5,8-11,13-15H,2,4,6-7,12H2,1H3. The second-order valence-electron chi connectivity index (χ2n) is 7.35. The molecule has 2 aromatic rings. The van der Waals surface area contributed by atoms with Crippen LogP contribution >= 0.6 is 0 Å². The largest absolute Gasteiger partial charge is 0.0836 e. The molecular formula is C22H22. The van der Waals surface area contributed by atoms with Gasteiger partial charge in [0.15, 0.2) is 0 Å². The van der Waals surface area contributed by atoms with Crippen LogP contribution in [0.2, 0.25) is 0 Å². The molecule has 3 aliphatic rings. The normalized spacial score (nSPS) is 23.6. The number of allylic oxidation sites excluding steroid dienone is 4. The van der Waals surface area contributed by atoms with Gasteiger partial charge < -0.3 is 0 Å². The molecule has 22 heavy (non-hydrogen) atoms. The Morgan fingerprint density at radius 1 is 1.05 bits per heavy atom. The molecule has 1 fully saturated rings. The first-order valence-corrected chi connectivity index (χ1v) is 8.77. The highest BCUT2D eigenvalue weighted by Crippen LogP contribution is 2.47. The molecule has 2 aromatic carbocycles. The first kappa shape index (κ1) is 12.7. The van der Waals surface area contributed by atoms with Crippen molar-refractivity contribution in [2.45, 2.75) is 50.9 Å². The van der Waals surface area contributed by atoms with E-state index in [1.807, 2.05) is 0 Å². The lowest BCUT2D eigenvalue weighted by molar-refractivity contribution is 0.710. The molecule has 1 unspecified atom stereocenters. The molecule has 1 atom stereocenters. The van der Waals surface area contributed by atoms with Crippen LogP contribution in [-0.2, 0) is 0 Å². The van der Waals surface area contributed by atoms with Crippen molar-refractivity contribution in [1.82, 2.24) is 0 Å². The number of hydrogen-bond donors (Lipinski definition) is 0. The Kier molecular flexibility index (Phi) is 2.65. The molecule has 0 bridgehead atoms. The third kappa shape index (κ3) is 1.83. The average molecular weight is 286 g/mol. The minimum atomic E-state index is 0.651. The fraction of sp³-hybridized carbons (Fsp3) is 0.364. The van der Waals surface area contributed by atoms with Crippen molar-refractivity contribution in [3.05, 3.63) is 64.7 Å². The molecule has 0 amide bonds. The second kappa shape index (κ2) is 4.59. The number of fused-ring (bicyclic) bond motifs is 4. The summed E-state index contributed by atoms with van der Waals surface area (Å²) in [6.45, 7) is 2.42. The monoisotopic (exact) mass is 286 g/mol. The fourth-order valence-electron chi connectivity index (χ4n) is 4.47. The molecule has 0 spiro atoms. The molecule has 110 valence electrons. The Hall–Kier alpha value is -1.82. The topological polar surface area (TPSA) is 0 Å². The summed E-state index contributed by atoms with van der Waals surface area (Å²) in [4.78, 5) is 0. The zero-order chi connectivity index (χ0) is 14.7. The Morgan fingerprint density at radius 3 is 2.77 bits per heavy atom. The Bertz CT molecular complexity index is 830. The predicted octanol–water partition coefficient (Wildman–Crippen LogP) is 6.33. The third-order valence-corrected chi connectivity index (χ3v) is 5.75. The van der Waals surface area contributed by atoms with Crippen LogP contribution in [0.1, 0.15) is 67.6 Å². The van der Waals surface area contributed by atoms with E-state index in [2.05, 4.69) is 49.4 Å². The van der Waals surface area contributed by atoms with Crippen molar-refractivity contribution in [3.63, 3.8) is 0 Å². The van der Waals surface area contributed by atoms with Crippen molar-refractivity contribution in [3.8, 4) is 0 Å². The van der Waals surface area contributed by atoms with Crippen LogP contribution in [0.5, 0.6) is 0 Å². The molecule has 0 saturated heterocycles. The lowest BCUT2D eigenvalue weighted by atomic mass is 9.74. The zero-order valence-corrected chi connectivity index (χ0v) is 13.2. The molecule has 0 N–H and O–H groups in total. The summed E-state index contributed by atoms with van der Waals surface area (Å²) in [5, 5.41) is 2.93. The highest BCUT2D eigenvalue weighted by atomic mass is 14.3. The van der Waals surface area contributed by atoms with Crippen LogP contribution in [0, 0.1) is 0 Å². The Labute approximate surface area is 132 Å². The zero-order valence-electron chi connectivity index (χ0n) is 13.2. The summed E-state index contributed by atoms with van der Waals surface area (Å²) in [7, 11) is 0. The van der Waals surface area contributed by atoms with Crippen molar-refractivity contribution >= 4 is 16.3 Å². The van der Waals surface area contributed by atoms with Gasteiger partial charge in [0.25, 0.3) is 0 Å².